The number of carbonyl (C=O) groups excluding carboxylic acids is 1. The zero-order chi connectivity index (χ0) is 17.6. The first kappa shape index (κ1) is 18.7. The zero-order valence-corrected chi connectivity index (χ0v) is 15.1. The Morgan fingerprint density at radius 3 is 2.62 bits per heavy atom. The predicted octanol–water partition coefficient (Wildman–Crippen LogP) is 3.18. The molecule has 134 valence electrons. The molecule has 0 aliphatic carbocycles. The third kappa shape index (κ3) is 5.49. The molecule has 1 fully saturated rings. The van der Waals surface area contributed by atoms with Crippen molar-refractivity contribution in [3.8, 4) is 0 Å². The standard InChI is InChI=1S/C19H30N2O3/c1-18(2,3)24-17(22)21-11-7-10-19(13-20,14-21)15-23-12-16-8-5-4-6-9-16/h4-6,8-9H,7,10-15,20H2,1-3H3. The minimum Gasteiger partial charge on any atom is -0.444 e. The second kappa shape index (κ2) is 7.99. The van der Waals surface area contributed by atoms with Crippen molar-refractivity contribution in [2.75, 3.05) is 26.2 Å². The number of ether oxygens (including phenoxy) is 2. The van der Waals surface area contributed by atoms with Gasteiger partial charge in [0.05, 0.1) is 13.2 Å². The van der Waals surface area contributed by atoms with Crippen LogP contribution in [0, 0.1) is 5.41 Å². The minimum absolute atomic E-state index is 0.191. The van der Waals surface area contributed by atoms with Crippen LogP contribution < -0.4 is 5.73 Å². The molecule has 0 aromatic heterocycles. The lowest BCUT2D eigenvalue weighted by molar-refractivity contribution is -0.0251. The van der Waals surface area contributed by atoms with E-state index in [4.69, 9.17) is 15.2 Å². The number of amides is 1. The molecule has 1 aliphatic heterocycles. The summed E-state index contributed by atoms with van der Waals surface area (Å²) in [6.45, 7) is 8.58. The molecule has 0 spiro atoms. The fourth-order valence-electron chi connectivity index (χ4n) is 2.99. The van der Waals surface area contributed by atoms with Gasteiger partial charge in [0.2, 0.25) is 0 Å². The quantitative estimate of drug-likeness (QED) is 0.898. The second-order valence-corrected chi connectivity index (χ2v) is 7.69. The molecule has 1 heterocycles. The Morgan fingerprint density at radius 1 is 1.29 bits per heavy atom. The van der Waals surface area contributed by atoms with Gasteiger partial charge in [-0.3, -0.25) is 0 Å². The van der Waals surface area contributed by atoms with Gasteiger partial charge in [-0.2, -0.15) is 0 Å². The van der Waals surface area contributed by atoms with Crippen LogP contribution in [0.15, 0.2) is 30.3 Å². The van der Waals surface area contributed by atoms with E-state index in [1.807, 2.05) is 51.1 Å². The summed E-state index contributed by atoms with van der Waals surface area (Å²) in [5.74, 6) is 0. The average molecular weight is 334 g/mol. The molecule has 1 aromatic carbocycles. The van der Waals surface area contributed by atoms with Gasteiger partial charge in [0.1, 0.15) is 5.60 Å². The molecule has 5 heteroatoms. The molecule has 24 heavy (non-hydrogen) atoms. The Bertz CT molecular complexity index is 527. The van der Waals surface area contributed by atoms with E-state index in [2.05, 4.69) is 0 Å². The van der Waals surface area contributed by atoms with Gasteiger partial charge in [-0.05, 0) is 39.2 Å². The van der Waals surface area contributed by atoms with Crippen molar-refractivity contribution in [2.24, 2.45) is 11.1 Å². The molecule has 2 N–H and O–H groups in total. The van der Waals surface area contributed by atoms with Gasteiger partial charge >= 0.3 is 6.09 Å². The summed E-state index contributed by atoms with van der Waals surface area (Å²) in [5, 5.41) is 0. The maximum absolute atomic E-state index is 12.3. The van der Waals surface area contributed by atoms with E-state index in [0.29, 0.717) is 26.3 Å². The molecule has 1 saturated heterocycles. The lowest BCUT2D eigenvalue weighted by Gasteiger charge is -2.42. The Labute approximate surface area is 145 Å². The van der Waals surface area contributed by atoms with Crippen LogP contribution in [0.1, 0.15) is 39.2 Å². The van der Waals surface area contributed by atoms with Crippen molar-refractivity contribution in [3.63, 3.8) is 0 Å². The van der Waals surface area contributed by atoms with Crippen molar-refractivity contribution in [2.45, 2.75) is 45.8 Å². The van der Waals surface area contributed by atoms with Crippen molar-refractivity contribution < 1.29 is 14.3 Å². The van der Waals surface area contributed by atoms with Crippen LogP contribution in [0.2, 0.25) is 0 Å². The molecule has 0 radical (unpaired) electrons. The minimum atomic E-state index is -0.482. The van der Waals surface area contributed by atoms with Crippen LogP contribution in [0.5, 0.6) is 0 Å². The first-order valence-corrected chi connectivity index (χ1v) is 8.63. The van der Waals surface area contributed by atoms with Crippen LogP contribution in [-0.4, -0.2) is 42.8 Å². The molecule has 1 aliphatic rings. The highest BCUT2D eigenvalue weighted by Crippen LogP contribution is 2.30. The fraction of sp³-hybridized carbons (Fsp3) is 0.632. The van der Waals surface area contributed by atoms with E-state index in [1.54, 1.807) is 4.90 Å². The van der Waals surface area contributed by atoms with E-state index in [0.717, 1.165) is 24.9 Å². The van der Waals surface area contributed by atoms with Gasteiger partial charge in [-0.1, -0.05) is 30.3 Å². The number of hydrogen-bond donors (Lipinski definition) is 1. The predicted molar refractivity (Wildman–Crippen MR) is 94.6 cm³/mol. The zero-order valence-electron chi connectivity index (χ0n) is 15.1. The lowest BCUT2D eigenvalue weighted by Crippen LogP contribution is -2.52. The van der Waals surface area contributed by atoms with Gasteiger partial charge in [0.15, 0.2) is 0 Å². The first-order valence-electron chi connectivity index (χ1n) is 8.63. The van der Waals surface area contributed by atoms with E-state index >= 15 is 0 Å². The monoisotopic (exact) mass is 334 g/mol. The molecule has 1 amide bonds. The van der Waals surface area contributed by atoms with Crippen LogP contribution >= 0.6 is 0 Å². The molecule has 0 saturated carbocycles. The van der Waals surface area contributed by atoms with Gasteiger partial charge in [0, 0.05) is 25.0 Å². The highest BCUT2D eigenvalue weighted by atomic mass is 16.6. The normalized spacial score (nSPS) is 21.6. The van der Waals surface area contributed by atoms with Gasteiger partial charge in [0.25, 0.3) is 0 Å². The Hall–Kier alpha value is -1.59. The van der Waals surface area contributed by atoms with Gasteiger partial charge < -0.3 is 20.1 Å². The smallest absolute Gasteiger partial charge is 0.410 e. The van der Waals surface area contributed by atoms with E-state index < -0.39 is 5.60 Å². The summed E-state index contributed by atoms with van der Waals surface area (Å²) < 4.78 is 11.4. The van der Waals surface area contributed by atoms with Crippen molar-refractivity contribution >= 4 is 6.09 Å². The maximum atomic E-state index is 12.3. The van der Waals surface area contributed by atoms with Crippen molar-refractivity contribution in [3.05, 3.63) is 35.9 Å². The number of carbonyl (C=O) groups is 1. The van der Waals surface area contributed by atoms with Crippen LogP contribution in [0.25, 0.3) is 0 Å². The number of benzene rings is 1. The number of rotatable bonds is 5. The molecule has 1 aromatic rings. The first-order chi connectivity index (χ1) is 11.3. The van der Waals surface area contributed by atoms with Crippen molar-refractivity contribution in [1.29, 1.82) is 0 Å². The molecule has 1 unspecified atom stereocenters. The summed E-state index contributed by atoms with van der Waals surface area (Å²) in [6, 6.07) is 10.1. The number of likely N-dealkylation sites (tertiary alicyclic amines) is 1. The summed E-state index contributed by atoms with van der Waals surface area (Å²) in [6.07, 6.45) is 1.63. The summed E-state index contributed by atoms with van der Waals surface area (Å²) >= 11 is 0. The third-order valence-corrected chi connectivity index (χ3v) is 4.27. The van der Waals surface area contributed by atoms with Crippen LogP contribution in [-0.2, 0) is 16.1 Å². The maximum Gasteiger partial charge on any atom is 0.410 e. The third-order valence-electron chi connectivity index (χ3n) is 4.27. The second-order valence-electron chi connectivity index (χ2n) is 7.69. The summed E-state index contributed by atoms with van der Waals surface area (Å²) in [5.41, 5.74) is 6.52. The molecular formula is C19H30N2O3. The Morgan fingerprint density at radius 2 is 2.00 bits per heavy atom. The fourth-order valence-corrected chi connectivity index (χ4v) is 2.99. The largest absolute Gasteiger partial charge is 0.444 e. The lowest BCUT2D eigenvalue weighted by atomic mass is 9.81. The summed E-state index contributed by atoms with van der Waals surface area (Å²) in [7, 11) is 0. The summed E-state index contributed by atoms with van der Waals surface area (Å²) in [4.78, 5) is 14.1. The van der Waals surface area contributed by atoms with Crippen LogP contribution in [0.3, 0.4) is 0 Å². The topological polar surface area (TPSA) is 64.8 Å². The number of hydrogen-bond acceptors (Lipinski definition) is 4. The number of nitrogens with two attached hydrogens (primary N) is 1. The number of piperidine rings is 1. The van der Waals surface area contributed by atoms with Gasteiger partial charge in [-0.25, -0.2) is 4.79 Å². The van der Waals surface area contributed by atoms with Gasteiger partial charge in [-0.15, -0.1) is 0 Å². The molecule has 2 rings (SSSR count). The Balaban J connectivity index is 1.91. The van der Waals surface area contributed by atoms with Crippen LogP contribution in [0.4, 0.5) is 4.79 Å². The Kier molecular flexibility index (Phi) is 6.24. The molecule has 1 atom stereocenters. The molecule has 0 bridgehead atoms. The van der Waals surface area contributed by atoms with E-state index in [1.165, 1.54) is 0 Å². The highest BCUT2D eigenvalue weighted by Gasteiger charge is 2.37. The van der Waals surface area contributed by atoms with E-state index in [9.17, 15) is 4.79 Å². The van der Waals surface area contributed by atoms with Crippen molar-refractivity contribution in [1.82, 2.24) is 4.90 Å². The molecular weight excluding hydrogens is 304 g/mol. The highest BCUT2D eigenvalue weighted by molar-refractivity contribution is 5.68. The SMILES string of the molecule is CC(C)(C)OC(=O)N1CCCC(CN)(COCc2ccccc2)C1. The number of nitrogens with zero attached hydrogens (tertiary/aromatic N) is 1. The molecule has 5 nitrogen and oxygen atoms in total. The van der Waals surface area contributed by atoms with E-state index in [-0.39, 0.29) is 11.5 Å². The average Bonchev–Trinajstić information content (AvgIpc) is 2.54.